The Hall–Kier alpha value is -4.19. The molecule has 0 saturated carbocycles. The van der Waals surface area contributed by atoms with E-state index < -0.39 is 0 Å². The monoisotopic (exact) mass is 468 g/mol. The standard InChI is InChI=1S/C29H28N2O4/c1-18-15-31(17-30-18)19(2)16-34-25-10-7-21(8-11-25)29-28(22-5-4-6-23(32)13-22)20(3)26-14-24(33)9-12-27(26)35-29/h4-15,17,19,29,32-33H,16H2,1-3H3. The first-order valence-electron chi connectivity index (χ1n) is 11.6. The number of hydrogen-bond donors (Lipinski definition) is 2. The average Bonchev–Trinajstić information content (AvgIpc) is 3.29. The van der Waals surface area contributed by atoms with E-state index >= 15 is 0 Å². The second kappa shape index (κ2) is 9.22. The molecule has 1 aromatic heterocycles. The van der Waals surface area contributed by atoms with Gasteiger partial charge in [0.25, 0.3) is 0 Å². The van der Waals surface area contributed by atoms with E-state index in [1.807, 2.05) is 67.3 Å². The molecule has 2 N–H and O–H groups in total. The highest BCUT2D eigenvalue weighted by atomic mass is 16.5. The fourth-order valence-electron chi connectivity index (χ4n) is 4.44. The normalized spacial score (nSPS) is 15.9. The number of imidazole rings is 1. The van der Waals surface area contributed by atoms with Crippen LogP contribution in [0.3, 0.4) is 0 Å². The molecule has 2 atom stereocenters. The van der Waals surface area contributed by atoms with Crippen LogP contribution in [0.15, 0.2) is 79.3 Å². The van der Waals surface area contributed by atoms with Crippen molar-refractivity contribution in [2.24, 2.45) is 0 Å². The molecule has 0 saturated heterocycles. The van der Waals surface area contributed by atoms with Gasteiger partial charge in [0.1, 0.15) is 35.7 Å². The minimum Gasteiger partial charge on any atom is -0.508 e. The molecule has 0 amide bonds. The second-order valence-electron chi connectivity index (χ2n) is 8.96. The maximum absolute atomic E-state index is 10.1. The van der Waals surface area contributed by atoms with Crippen molar-refractivity contribution in [1.29, 1.82) is 0 Å². The first-order valence-corrected chi connectivity index (χ1v) is 11.6. The van der Waals surface area contributed by atoms with E-state index in [9.17, 15) is 10.2 Å². The third-order valence-electron chi connectivity index (χ3n) is 6.35. The van der Waals surface area contributed by atoms with Crippen LogP contribution in [-0.2, 0) is 0 Å². The highest BCUT2D eigenvalue weighted by molar-refractivity contribution is 5.95. The van der Waals surface area contributed by atoms with Gasteiger partial charge in [0.05, 0.1) is 18.1 Å². The molecule has 0 bridgehead atoms. The lowest BCUT2D eigenvalue weighted by molar-refractivity contribution is 0.255. The van der Waals surface area contributed by atoms with Crippen molar-refractivity contribution in [3.05, 3.63) is 102 Å². The van der Waals surface area contributed by atoms with Crippen molar-refractivity contribution in [2.75, 3.05) is 6.61 Å². The number of aryl methyl sites for hydroxylation is 1. The number of nitrogens with zero attached hydrogens (tertiary/aromatic N) is 2. The Bertz CT molecular complexity index is 1390. The average molecular weight is 469 g/mol. The number of fused-ring (bicyclic) bond motifs is 1. The molecule has 5 rings (SSSR count). The smallest absolute Gasteiger partial charge is 0.150 e. The first kappa shape index (κ1) is 22.6. The molecule has 0 spiro atoms. The van der Waals surface area contributed by atoms with Crippen molar-refractivity contribution < 1.29 is 19.7 Å². The van der Waals surface area contributed by atoms with Gasteiger partial charge in [-0.25, -0.2) is 4.98 Å². The van der Waals surface area contributed by atoms with E-state index in [2.05, 4.69) is 11.9 Å². The fourth-order valence-corrected chi connectivity index (χ4v) is 4.44. The number of hydrogen-bond acceptors (Lipinski definition) is 5. The topological polar surface area (TPSA) is 76.7 Å². The van der Waals surface area contributed by atoms with Gasteiger partial charge in [-0.2, -0.15) is 0 Å². The van der Waals surface area contributed by atoms with Gasteiger partial charge in [0.15, 0.2) is 0 Å². The summed E-state index contributed by atoms with van der Waals surface area (Å²) in [5.41, 5.74) is 5.58. The summed E-state index contributed by atoms with van der Waals surface area (Å²) >= 11 is 0. The molecule has 35 heavy (non-hydrogen) atoms. The molecular formula is C29H28N2O4. The summed E-state index contributed by atoms with van der Waals surface area (Å²) in [7, 11) is 0. The molecule has 2 heterocycles. The molecule has 1 aliphatic heterocycles. The molecule has 1 aliphatic rings. The van der Waals surface area contributed by atoms with E-state index in [1.54, 1.807) is 30.3 Å². The number of allylic oxidation sites excluding steroid dienone is 1. The molecule has 6 nitrogen and oxygen atoms in total. The van der Waals surface area contributed by atoms with Crippen molar-refractivity contribution in [3.8, 4) is 23.0 Å². The molecule has 0 radical (unpaired) electrons. The maximum Gasteiger partial charge on any atom is 0.150 e. The number of aromatic hydroxyl groups is 2. The number of phenolic OH excluding ortho intramolecular Hbond substituents is 2. The zero-order valence-electron chi connectivity index (χ0n) is 20.0. The fraction of sp³-hybridized carbons (Fsp3) is 0.207. The van der Waals surface area contributed by atoms with E-state index in [-0.39, 0.29) is 23.6 Å². The van der Waals surface area contributed by atoms with E-state index in [4.69, 9.17) is 9.47 Å². The Morgan fingerprint density at radius 1 is 1.00 bits per heavy atom. The second-order valence-corrected chi connectivity index (χ2v) is 8.96. The summed E-state index contributed by atoms with van der Waals surface area (Å²) in [6.07, 6.45) is 3.45. The third-order valence-corrected chi connectivity index (χ3v) is 6.35. The predicted octanol–water partition coefficient (Wildman–Crippen LogP) is 6.31. The quantitative estimate of drug-likeness (QED) is 0.347. The Morgan fingerprint density at radius 2 is 1.77 bits per heavy atom. The summed E-state index contributed by atoms with van der Waals surface area (Å²) < 4.78 is 14.5. The van der Waals surface area contributed by atoms with Crippen LogP contribution in [0.5, 0.6) is 23.0 Å². The van der Waals surface area contributed by atoms with Gasteiger partial charge < -0.3 is 24.3 Å². The molecule has 0 fully saturated rings. The number of rotatable bonds is 6. The lowest BCUT2D eigenvalue weighted by Crippen LogP contribution is -2.16. The lowest BCUT2D eigenvalue weighted by atomic mass is 9.86. The molecule has 6 heteroatoms. The zero-order chi connectivity index (χ0) is 24.5. The Labute approximate surface area is 204 Å². The zero-order valence-corrected chi connectivity index (χ0v) is 20.0. The third kappa shape index (κ3) is 4.60. The molecule has 0 aliphatic carbocycles. The molecule has 3 aromatic carbocycles. The lowest BCUT2D eigenvalue weighted by Gasteiger charge is -2.31. The summed E-state index contributed by atoms with van der Waals surface area (Å²) in [5, 5.41) is 20.2. The minimum atomic E-state index is -0.379. The molecule has 2 unspecified atom stereocenters. The maximum atomic E-state index is 10.1. The van der Waals surface area contributed by atoms with E-state index in [0.717, 1.165) is 39.3 Å². The molecule has 178 valence electrons. The number of aromatic nitrogens is 2. The molecule has 4 aromatic rings. The predicted molar refractivity (Wildman–Crippen MR) is 136 cm³/mol. The largest absolute Gasteiger partial charge is 0.508 e. The van der Waals surface area contributed by atoms with Gasteiger partial charge in [-0.3, -0.25) is 0 Å². The highest BCUT2D eigenvalue weighted by Gasteiger charge is 2.29. The van der Waals surface area contributed by atoms with Gasteiger partial charge in [0, 0.05) is 17.3 Å². The van der Waals surface area contributed by atoms with Crippen LogP contribution in [0.1, 0.15) is 48.4 Å². The van der Waals surface area contributed by atoms with Gasteiger partial charge in [-0.05, 0) is 79.9 Å². The van der Waals surface area contributed by atoms with Crippen LogP contribution in [0.2, 0.25) is 0 Å². The Kier molecular flexibility index (Phi) is 5.95. The molecular weight excluding hydrogens is 440 g/mol. The SMILES string of the molecule is CC1=C(c2cccc(O)c2)C(c2ccc(OCC(C)n3cnc(C)c3)cc2)Oc2ccc(O)cc21. The van der Waals surface area contributed by atoms with E-state index in [0.29, 0.717) is 12.4 Å². The van der Waals surface area contributed by atoms with Crippen molar-refractivity contribution in [1.82, 2.24) is 9.55 Å². The van der Waals surface area contributed by atoms with Crippen molar-refractivity contribution in [3.63, 3.8) is 0 Å². The van der Waals surface area contributed by atoms with E-state index in [1.165, 1.54) is 0 Å². The van der Waals surface area contributed by atoms with Gasteiger partial charge >= 0.3 is 0 Å². The Balaban J connectivity index is 1.43. The van der Waals surface area contributed by atoms with Gasteiger partial charge in [-0.1, -0.05) is 24.3 Å². The van der Waals surface area contributed by atoms with Gasteiger partial charge in [0.2, 0.25) is 0 Å². The Morgan fingerprint density at radius 3 is 2.49 bits per heavy atom. The summed E-state index contributed by atoms with van der Waals surface area (Å²) in [4.78, 5) is 4.28. The van der Waals surface area contributed by atoms with Crippen LogP contribution < -0.4 is 9.47 Å². The summed E-state index contributed by atoms with van der Waals surface area (Å²) in [5.74, 6) is 1.85. The summed E-state index contributed by atoms with van der Waals surface area (Å²) in [6, 6.07) is 20.4. The van der Waals surface area contributed by atoms with Crippen LogP contribution in [0, 0.1) is 6.92 Å². The van der Waals surface area contributed by atoms with Crippen LogP contribution >= 0.6 is 0 Å². The summed E-state index contributed by atoms with van der Waals surface area (Å²) in [6.45, 7) is 6.61. The van der Waals surface area contributed by atoms with Crippen LogP contribution in [0.25, 0.3) is 11.1 Å². The highest BCUT2D eigenvalue weighted by Crippen LogP contribution is 2.47. The van der Waals surface area contributed by atoms with Crippen molar-refractivity contribution in [2.45, 2.75) is 32.9 Å². The minimum absolute atomic E-state index is 0.161. The number of benzene rings is 3. The van der Waals surface area contributed by atoms with Crippen LogP contribution in [0.4, 0.5) is 0 Å². The number of phenols is 2. The first-order chi connectivity index (χ1) is 16.9. The van der Waals surface area contributed by atoms with Gasteiger partial charge in [-0.15, -0.1) is 0 Å². The van der Waals surface area contributed by atoms with Crippen LogP contribution in [-0.4, -0.2) is 26.4 Å². The van der Waals surface area contributed by atoms with Crippen molar-refractivity contribution >= 4 is 11.1 Å². The number of ether oxygens (including phenoxy) is 2.